The highest BCUT2D eigenvalue weighted by Gasteiger charge is 2.08. The first-order valence-corrected chi connectivity index (χ1v) is 10.1. The Labute approximate surface area is 173 Å². The van der Waals surface area contributed by atoms with Gasteiger partial charge in [0.15, 0.2) is 0 Å². The van der Waals surface area contributed by atoms with Crippen LogP contribution >= 0.6 is 0 Å². The summed E-state index contributed by atoms with van der Waals surface area (Å²) in [5.74, 6) is 2.07. The SMILES string of the molecule is CCOc1ccccc1Nc1cc(C)nc(Nc2ccc(N(CC)CC)cc2)n1. The van der Waals surface area contributed by atoms with Gasteiger partial charge in [0, 0.05) is 36.2 Å². The van der Waals surface area contributed by atoms with Crippen molar-refractivity contribution in [1.29, 1.82) is 0 Å². The van der Waals surface area contributed by atoms with Crippen molar-refractivity contribution < 1.29 is 4.74 Å². The lowest BCUT2D eigenvalue weighted by Crippen LogP contribution is -2.21. The molecule has 2 N–H and O–H groups in total. The van der Waals surface area contributed by atoms with Gasteiger partial charge in [-0.25, -0.2) is 4.98 Å². The summed E-state index contributed by atoms with van der Waals surface area (Å²) in [5, 5.41) is 6.64. The van der Waals surface area contributed by atoms with E-state index in [9.17, 15) is 0 Å². The third-order valence-electron chi connectivity index (χ3n) is 4.56. The zero-order valence-corrected chi connectivity index (χ0v) is 17.6. The Balaban J connectivity index is 1.77. The van der Waals surface area contributed by atoms with Crippen molar-refractivity contribution in [1.82, 2.24) is 9.97 Å². The molecule has 0 atom stereocenters. The van der Waals surface area contributed by atoms with Crippen LogP contribution in [0.15, 0.2) is 54.6 Å². The molecule has 0 radical (unpaired) electrons. The van der Waals surface area contributed by atoms with Gasteiger partial charge in [-0.1, -0.05) is 12.1 Å². The summed E-state index contributed by atoms with van der Waals surface area (Å²) in [7, 11) is 0. The van der Waals surface area contributed by atoms with Crippen molar-refractivity contribution in [2.45, 2.75) is 27.7 Å². The maximum absolute atomic E-state index is 5.69. The molecule has 2 aromatic carbocycles. The second kappa shape index (κ2) is 9.78. The van der Waals surface area contributed by atoms with Crippen LogP contribution in [0.3, 0.4) is 0 Å². The monoisotopic (exact) mass is 391 g/mol. The first kappa shape index (κ1) is 20.5. The summed E-state index contributed by atoms with van der Waals surface area (Å²) in [6.07, 6.45) is 0. The molecular formula is C23H29N5O. The number of aryl methyl sites for hydroxylation is 1. The molecule has 29 heavy (non-hydrogen) atoms. The Bertz CT molecular complexity index is 923. The maximum Gasteiger partial charge on any atom is 0.229 e. The van der Waals surface area contributed by atoms with Crippen LogP contribution in [0.25, 0.3) is 0 Å². The number of para-hydroxylation sites is 2. The lowest BCUT2D eigenvalue weighted by Gasteiger charge is -2.21. The predicted molar refractivity (Wildman–Crippen MR) is 121 cm³/mol. The number of ether oxygens (including phenoxy) is 1. The fraction of sp³-hybridized carbons (Fsp3) is 0.304. The molecule has 0 unspecified atom stereocenters. The number of nitrogens with one attached hydrogen (secondary N) is 2. The molecule has 6 nitrogen and oxygen atoms in total. The second-order valence-corrected chi connectivity index (χ2v) is 6.62. The van der Waals surface area contributed by atoms with Crippen LogP contribution in [0, 0.1) is 6.92 Å². The Morgan fingerprint density at radius 3 is 2.31 bits per heavy atom. The van der Waals surface area contributed by atoms with Gasteiger partial charge in [0.2, 0.25) is 5.95 Å². The number of anilines is 5. The second-order valence-electron chi connectivity index (χ2n) is 6.62. The Morgan fingerprint density at radius 2 is 1.62 bits per heavy atom. The van der Waals surface area contributed by atoms with Crippen LogP contribution in [0.1, 0.15) is 26.5 Å². The van der Waals surface area contributed by atoms with Crippen molar-refractivity contribution in [3.05, 3.63) is 60.3 Å². The van der Waals surface area contributed by atoms with Crippen LogP contribution < -0.4 is 20.3 Å². The minimum Gasteiger partial charge on any atom is -0.492 e. The molecule has 1 heterocycles. The fourth-order valence-corrected chi connectivity index (χ4v) is 3.15. The van der Waals surface area contributed by atoms with Crippen molar-refractivity contribution in [3.8, 4) is 5.75 Å². The molecule has 0 aliphatic carbocycles. The Hall–Kier alpha value is -3.28. The van der Waals surface area contributed by atoms with Crippen molar-refractivity contribution in [2.24, 2.45) is 0 Å². The predicted octanol–water partition coefficient (Wildman–Crippen LogP) is 5.52. The summed E-state index contributed by atoms with van der Waals surface area (Å²) in [4.78, 5) is 11.4. The van der Waals surface area contributed by atoms with Gasteiger partial charge in [-0.05, 0) is 64.1 Å². The molecule has 0 saturated carbocycles. The highest BCUT2D eigenvalue weighted by Crippen LogP contribution is 2.27. The van der Waals surface area contributed by atoms with Crippen LogP contribution in [0.2, 0.25) is 0 Å². The molecule has 3 rings (SSSR count). The van der Waals surface area contributed by atoms with Crippen molar-refractivity contribution >= 4 is 28.8 Å². The van der Waals surface area contributed by atoms with E-state index < -0.39 is 0 Å². The van der Waals surface area contributed by atoms with Crippen LogP contribution in [0.4, 0.5) is 28.8 Å². The van der Waals surface area contributed by atoms with Crippen molar-refractivity contribution in [2.75, 3.05) is 35.2 Å². The molecule has 0 saturated heterocycles. The molecule has 6 heteroatoms. The van der Waals surface area contributed by atoms with Gasteiger partial charge in [0.05, 0.1) is 12.3 Å². The molecule has 0 spiro atoms. The summed E-state index contributed by atoms with van der Waals surface area (Å²) < 4.78 is 5.69. The standard InChI is InChI=1S/C23H29N5O/c1-5-28(6-2)19-14-12-18(13-15-19)25-23-24-17(4)16-22(27-23)26-20-10-8-9-11-21(20)29-7-3/h8-16H,5-7H2,1-4H3,(H2,24,25,26,27). The molecule has 0 amide bonds. The largest absolute Gasteiger partial charge is 0.492 e. The average Bonchev–Trinajstić information content (AvgIpc) is 2.71. The van der Waals surface area contributed by atoms with Crippen molar-refractivity contribution in [3.63, 3.8) is 0 Å². The lowest BCUT2D eigenvalue weighted by molar-refractivity contribution is 0.342. The average molecular weight is 392 g/mol. The van der Waals surface area contributed by atoms with E-state index in [-0.39, 0.29) is 0 Å². The van der Waals surface area contributed by atoms with E-state index in [4.69, 9.17) is 4.74 Å². The molecule has 0 aliphatic rings. The van der Waals surface area contributed by atoms with E-state index in [1.54, 1.807) is 0 Å². The van der Waals surface area contributed by atoms with Crippen LogP contribution in [-0.2, 0) is 0 Å². The molecule has 0 fully saturated rings. The summed E-state index contributed by atoms with van der Waals surface area (Å²) in [5.41, 5.74) is 3.91. The fourth-order valence-electron chi connectivity index (χ4n) is 3.15. The number of hydrogen-bond acceptors (Lipinski definition) is 6. The molecule has 152 valence electrons. The highest BCUT2D eigenvalue weighted by molar-refractivity contribution is 5.66. The Kier molecular flexibility index (Phi) is 6.89. The number of rotatable bonds is 9. The zero-order chi connectivity index (χ0) is 20.6. The van der Waals surface area contributed by atoms with E-state index >= 15 is 0 Å². The van der Waals surface area contributed by atoms with Gasteiger partial charge in [-0.15, -0.1) is 0 Å². The third-order valence-corrected chi connectivity index (χ3v) is 4.56. The van der Waals surface area contributed by atoms with Crippen LogP contribution in [0.5, 0.6) is 5.75 Å². The topological polar surface area (TPSA) is 62.3 Å². The Morgan fingerprint density at radius 1 is 0.897 bits per heavy atom. The number of hydrogen-bond donors (Lipinski definition) is 2. The molecular weight excluding hydrogens is 362 g/mol. The van der Waals surface area contributed by atoms with E-state index in [2.05, 4.69) is 63.6 Å². The lowest BCUT2D eigenvalue weighted by atomic mass is 10.2. The highest BCUT2D eigenvalue weighted by atomic mass is 16.5. The third kappa shape index (κ3) is 5.38. The van der Waals surface area contributed by atoms with Gasteiger partial charge in [-0.2, -0.15) is 4.98 Å². The van der Waals surface area contributed by atoms with Gasteiger partial charge in [-0.3, -0.25) is 0 Å². The normalized spacial score (nSPS) is 10.5. The summed E-state index contributed by atoms with van der Waals surface area (Å²) in [6, 6.07) is 18.1. The smallest absolute Gasteiger partial charge is 0.229 e. The van der Waals surface area contributed by atoms with Gasteiger partial charge in [0.1, 0.15) is 11.6 Å². The van der Waals surface area contributed by atoms with Gasteiger partial charge in [0.25, 0.3) is 0 Å². The first-order chi connectivity index (χ1) is 14.1. The maximum atomic E-state index is 5.69. The number of benzene rings is 2. The minimum atomic E-state index is 0.553. The van der Waals surface area contributed by atoms with E-state index in [0.717, 1.165) is 35.9 Å². The summed E-state index contributed by atoms with van der Waals surface area (Å²) in [6.45, 7) is 10.8. The van der Waals surface area contributed by atoms with E-state index in [1.165, 1.54) is 5.69 Å². The van der Waals surface area contributed by atoms with Crippen LogP contribution in [-0.4, -0.2) is 29.7 Å². The van der Waals surface area contributed by atoms with E-state index in [1.807, 2.05) is 44.2 Å². The van der Waals surface area contributed by atoms with Gasteiger partial charge >= 0.3 is 0 Å². The summed E-state index contributed by atoms with van der Waals surface area (Å²) >= 11 is 0. The molecule has 0 aliphatic heterocycles. The number of nitrogens with zero attached hydrogens (tertiary/aromatic N) is 3. The number of aromatic nitrogens is 2. The quantitative estimate of drug-likeness (QED) is 0.501. The first-order valence-electron chi connectivity index (χ1n) is 10.1. The molecule has 1 aromatic heterocycles. The van der Waals surface area contributed by atoms with Gasteiger partial charge < -0.3 is 20.3 Å². The molecule has 0 bridgehead atoms. The minimum absolute atomic E-state index is 0.553. The molecule has 3 aromatic rings. The van der Waals surface area contributed by atoms with E-state index in [0.29, 0.717) is 18.4 Å². The zero-order valence-electron chi connectivity index (χ0n) is 17.6.